The molecule has 2 rings (SSSR count). The Bertz CT molecular complexity index is 399. The van der Waals surface area contributed by atoms with Crippen LogP contribution in [0.25, 0.3) is 0 Å². The summed E-state index contributed by atoms with van der Waals surface area (Å²) in [5, 5.41) is 15.3. The molecule has 6 nitrogen and oxygen atoms in total. The first-order valence-corrected chi connectivity index (χ1v) is 7.82. The minimum atomic E-state index is -0.773. The van der Waals surface area contributed by atoms with Crippen molar-refractivity contribution in [1.82, 2.24) is 15.5 Å². The summed E-state index contributed by atoms with van der Waals surface area (Å²) in [7, 11) is 0. The van der Waals surface area contributed by atoms with Gasteiger partial charge in [-0.25, -0.2) is 0 Å². The number of aliphatic carboxylic acids is 1. The molecule has 0 atom stereocenters. The second-order valence-electron chi connectivity index (χ2n) is 6.90. The molecule has 0 spiro atoms. The first kappa shape index (κ1) is 16.2. The van der Waals surface area contributed by atoms with E-state index in [2.05, 4.69) is 15.5 Å². The summed E-state index contributed by atoms with van der Waals surface area (Å²) in [6, 6.07) is 0. The number of carbonyl (C=O) groups excluding carboxylic acids is 1. The highest BCUT2D eigenvalue weighted by atomic mass is 16.4. The van der Waals surface area contributed by atoms with Gasteiger partial charge in [0, 0.05) is 32.7 Å². The van der Waals surface area contributed by atoms with E-state index < -0.39 is 11.5 Å². The van der Waals surface area contributed by atoms with E-state index in [0.717, 1.165) is 45.4 Å². The lowest BCUT2D eigenvalue weighted by Crippen LogP contribution is -2.61. The molecule has 1 aliphatic heterocycles. The molecule has 6 heteroatoms. The number of carboxylic acids is 1. The lowest BCUT2D eigenvalue weighted by molar-refractivity contribution is -0.142. The quantitative estimate of drug-likeness (QED) is 0.662. The van der Waals surface area contributed by atoms with E-state index in [1.807, 2.05) is 13.8 Å². The van der Waals surface area contributed by atoms with Crippen LogP contribution in [0.15, 0.2) is 0 Å². The zero-order chi connectivity index (χ0) is 15.5. The Morgan fingerprint density at radius 2 is 1.90 bits per heavy atom. The van der Waals surface area contributed by atoms with Crippen molar-refractivity contribution in [3.05, 3.63) is 0 Å². The fraction of sp³-hybridized carbons (Fsp3) is 0.867. The molecule has 0 aromatic carbocycles. The van der Waals surface area contributed by atoms with Crippen molar-refractivity contribution in [2.24, 2.45) is 5.41 Å². The van der Waals surface area contributed by atoms with Gasteiger partial charge in [0.1, 0.15) is 0 Å². The van der Waals surface area contributed by atoms with Crippen LogP contribution in [0.5, 0.6) is 0 Å². The molecule has 0 unspecified atom stereocenters. The van der Waals surface area contributed by atoms with Crippen LogP contribution < -0.4 is 10.6 Å². The first-order valence-electron chi connectivity index (χ1n) is 7.82. The highest BCUT2D eigenvalue weighted by Crippen LogP contribution is 2.43. The van der Waals surface area contributed by atoms with Gasteiger partial charge >= 0.3 is 5.97 Å². The summed E-state index contributed by atoms with van der Waals surface area (Å²) in [5.41, 5.74) is -0.767. The van der Waals surface area contributed by atoms with Crippen molar-refractivity contribution in [2.75, 3.05) is 32.7 Å². The molecule has 2 fully saturated rings. The van der Waals surface area contributed by atoms with Gasteiger partial charge in [0.2, 0.25) is 5.91 Å². The summed E-state index contributed by atoms with van der Waals surface area (Å²) in [6.45, 7) is 7.89. The van der Waals surface area contributed by atoms with Crippen LogP contribution in [0.3, 0.4) is 0 Å². The maximum Gasteiger partial charge on any atom is 0.303 e. The highest BCUT2D eigenvalue weighted by Gasteiger charge is 2.41. The van der Waals surface area contributed by atoms with E-state index in [4.69, 9.17) is 5.11 Å². The Kier molecular flexibility index (Phi) is 4.88. The van der Waals surface area contributed by atoms with E-state index in [1.165, 1.54) is 0 Å². The lowest BCUT2D eigenvalue weighted by atomic mass is 9.66. The molecule has 21 heavy (non-hydrogen) atoms. The van der Waals surface area contributed by atoms with Gasteiger partial charge in [0.05, 0.1) is 12.0 Å². The van der Waals surface area contributed by atoms with Crippen LogP contribution >= 0.6 is 0 Å². The van der Waals surface area contributed by atoms with Gasteiger partial charge < -0.3 is 15.7 Å². The predicted molar refractivity (Wildman–Crippen MR) is 80.1 cm³/mol. The van der Waals surface area contributed by atoms with Crippen molar-refractivity contribution < 1.29 is 14.7 Å². The number of nitrogens with zero attached hydrogens (tertiary/aromatic N) is 1. The lowest BCUT2D eigenvalue weighted by Gasteiger charge is -2.43. The number of amides is 1. The summed E-state index contributed by atoms with van der Waals surface area (Å²) < 4.78 is 0. The number of hydrogen-bond donors (Lipinski definition) is 3. The van der Waals surface area contributed by atoms with Crippen LogP contribution in [0, 0.1) is 5.41 Å². The van der Waals surface area contributed by atoms with E-state index in [1.54, 1.807) is 0 Å². The monoisotopic (exact) mass is 297 g/mol. The molecule has 0 bridgehead atoms. The number of carbonyl (C=O) groups is 2. The van der Waals surface area contributed by atoms with E-state index in [-0.39, 0.29) is 17.7 Å². The molecule has 1 heterocycles. The Labute approximate surface area is 126 Å². The number of piperazine rings is 1. The van der Waals surface area contributed by atoms with Crippen LogP contribution in [0.4, 0.5) is 0 Å². The summed E-state index contributed by atoms with van der Waals surface area (Å²) >= 11 is 0. The maximum absolute atomic E-state index is 12.5. The van der Waals surface area contributed by atoms with Gasteiger partial charge in [-0.1, -0.05) is 6.42 Å². The van der Waals surface area contributed by atoms with Crippen molar-refractivity contribution in [2.45, 2.75) is 45.1 Å². The number of carboxylic acid groups (broad SMARTS) is 1. The number of hydrogen-bond acceptors (Lipinski definition) is 4. The largest absolute Gasteiger partial charge is 0.481 e. The third-order valence-electron chi connectivity index (χ3n) is 5.03. The molecule has 0 aromatic heterocycles. The van der Waals surface area contributed by atoms with E-state index in [9.17, 15) is 9.59 Å². The van der Waals surface area contributed by atoms with Crippen molar-refractivity contribution in [3.63, 3.8) is 0 Å². The maximum atomic E-state index is 12.5. The third-order valence-corrected chi connectivity index (χ3v) is 5.03. The zero-order valence-electron chi connectivity index (χ0n) is 13.1. The summed E-state index contributed by atoms with van der Waals surface area (Å²) in [6.07, 6.45) is 3.01. The fourth-order valence-electron chi connectivity index (χ4n) is 3.27. The molecular formula is C15H27N3O3. The van der Waals surface area contributed by atoms with Gasteiger partial charge in [0.25, 0.3) is 0 Å². The average Bonchev–Trinajstić information content (AvgIpc) is 2.41. The third kappa shape index (κ3) is 3.74. The molecule has 1 amide bonds. The van der Waals surface area contributed by atoms with Crippen molar-refractivity contribution in [3.8, 4) is 0 Å². The number of nitrogens with one attached hydrogen (secondary N) is 2. The normalized spacial score (nSPS) is 22.4. The van der Waals surface area contributed by atoms with Crippen LogP contribution in [-0.2, 0) is 9.59 Å². The molecule has 1 saturated heterocycles. The Hall–Kier alpha value is -1.14. The summed E-state index contributed by atoms with van der Waals surface area (Å²) in [4.78, 5) is 25.7. The highest BCUT2D eigenvalue weighted by molar-refractivity contribution is 5.85. The van der Waals surface area contributed by atoms with Crippen molar-refractivity contribution >= 4 is 11.9 Å². The molecule has 3 N–H and O–H groups in total. The molecule has 0 radical (unpaired) electrons. The topological polar surface area (TPSA) is 81.7 Å². The molecule has 1 saturated carbocycles. The van der Waals surface area contributed by atoms with E-state index in [0.29, 0.717) is 6.54 Å². The van der Waals surface area contributed by atoms with Crippen molar-refractivity contribution in [1.29, 1.82) is 0 Å². The second kappa shape index (κ2) is 6.32. The fourth-order valence-corrected chi connectivity index (χ4v) is 3.27. The molecule has 0 aromatic rings. The van der Waals surface area contributed by atoms with Crippen LogP contribution in [-0.4, -0.2) is 60.1 Å². The molecule has 2 aliphatic rings. The van der Waals surface area contributed by atoms with Gasteiger partial charge in [0.15, 0.2) is 0 Å². The van der Waals surface area contributed by atoms with E-state index >= 15 is 0 Å². The number of rotatable bonds is 6. The Balaban J connectivity index is 1.89. The Morgan fingerprint density at radius 1 is 1.29 bits per heavy atom. The van der Waals surface area contributed by atoms with Crippen LogP contribution in [0.2, 0.25) is 0 Å². The average molecular weight is 297 g/mol. The van der Waals surface area contributed by atoms with Gasteiger partial charge in [-0.05, 0) is 32.1 Å². The SMILES string of the molecule is CC(C)(C(=O)NCC1(CC(=O)O)CCC1)N1CCNCC1. The standard InChI is InChI=1S/C15H27N3O3/c1-14(2,18-8-6-16-7-9-18)13(21)17-11-15(4-3-5-15)10-12(19)20/h16H,3-11H2,1-2H3,(H,17,21)(H,19,20). The van der Waals surface area contributed by atoms with Gasteiger partial charge in [-0.3, -0.25) is 14.5 Å². The Morgan fingerprint density at radius 3 is 2.38 bits per heavy atom. The minimum Gasteiger partial charge on any atom is -0.481 e. The predicted octanol–water partition coefficient (Wildman–Crippen LogP) is 0.431. The minimum absolute atomic E-state index is 0.000985. The zero-order valence-corrected chi connectivity index (χ0v) is 13.1. The van der Waals surface area contributed by atoms with Crippen LogP contribution in [0.1, 0.15) is 39.5 Å². The smallest absolute Gasteiger partial charge is 0.303 e. The molecule has 1 aliphatic carbocycles. The van der Waals surface area contributed by atoms with Gasteiger partial charge in [-0.2, -0.15) is 0 Å². The van der Waals surface area contributed by atoms with Gasteiger partial charge in [-0.15, -0.1) is 0 Å². The molecule has 120 valence electrons. The first-order chi connectivity index (χ1) is 9.86. The summed E-state index contributed by atoms with van der Waals surface area (Å²) in [5.74, 6) is -0.772. The molecular weight excluding hydrogens is 270 g/mol. The second-order valence-corrected chi connectivity index (χ2v) is 6.90.